The molecule has 0 unspecified atom stereocenters. The normalized spacial score (nSPS) is 10.0. The first kappa shape index (κ1) is 15.6. The van der Waals surface area contributed by atoms with Crippen LogP contribution in [0.3, 0.4) is 0 Å². The Kier molecular flexibility index (Phi) is 5.14. The highest BCUT2D eigenvalue weighted by atomic mass is 16.4. The molecule has 5 nitrogen and oxygen atoms in total. The van der Waals surface area contributed by atoms with E-state index in [4.69, 9.17) is 5.11 Å². The lowest BCUT2D eigenvalue weighted by Crippen LogP contribution is -2.19. The number of para-hydroxylation sites is 1. The number of carbonyl (C=O) groups excluding carboxylic acids is 1. The summed E-state index contributed by atoms with van der Waals surface area (Å²) in [4.78, 5) is 22.5. The van der Waals surface area contributed by atoms with E-state index in [1.165, 1.54) is 0 Å². The first-order chi connectivity index (χ1) is 10.5. The Bertz CT molecular complexity index is 666. The van der Waals surface area contributed by atoms with Crippen LogP contribution in [0, 0.1) is 6.92 Å². The van der Waals surface area contributed by atoms with Crippen LogP contribution in [0.25, 0.3) is 0 Å². The van der Waals surface area contributed by atoms with Gasteiger partial charge in [0.25, 0.3) is 0 Å². The summed E-state index contributed by atoms with van der Waals surface area (Å²) in [5.41, 5.74) is 3.33. The Morgan fingerprint density at radius 3 is 2.32 bits per heavy atom. The number of aryl methyl sites for hydroxylation is 2. The van der Waals surface area contributed by atoms with Crippen LogP contribution in [-0.4, -0.2) is 17.1 Å². The summed E-state index contributed by atoms with van der Waals surface area (Å²) in [5.74, 6) is -0.820. The van der Waals surface area contributed by atoms with Crippen molar-refractivity contribution >= 4 is 23.4 Å². The zero-order valence-corrected chi connectivity index (χ0v) is 12.3. The van der Waals surface area contributed by atoms with Gasteiger partial charge in [0.1, 0.15) is 0 Å². The molecule has 2 aromatic rings. The number of carboxylic acid groups (broad SMARTS) is 1. The van der Waals surface area contributed by atoms with Crippen molar-refractivity contribution < 1.29 is 14.7 Å². The van der Waals surface area contributed by atoms with E-state index in [-0.39, 0.29) is 12.5 Å². The molecule has 5 heteroatoms. The zero-order valence-electron chi connectivity index (χ0n) is 12.3. The predicted octanol–water partition coefficient (Wildman–Crippen LogP) is 3.66. The molecule has 0 saturated carbocycles. The Morgan fingerprint density at radius 2 is 1.68 bits per heavy atom. The molecule has 0 atom stereocenters. The average molecular weight is 298 g/mol. The summed E-state index contributed by atoms with van der Waals surface area (Å²) in [6.45, 7) is 1.92. The molecule has 3 N–H and O–H groups in total. The molecule has 0 bridgehead atoms. The molecule has 2 rings (SSSR count). The minimum atomic E-state index is -0.820. The third kappa shape index (κ3) is 4.63. The number of rotatable bonds is 5. The number of hydrogen-bond acceptors (Lipinski definition) is 2. The van der Waals surface area contributed by atoms with Crippen LogP contribution >= 0.6 is 0 Å². The number of amides is 2. The fraction of sp³-hybridized carbons (Fsp3) is 0.176. The highest BCUT2D eigenvalue weighted by molar-refractivity contribution is 6.00. The van der Waals surface area contributed by atoms with Crippen LogP contribution in [-0.2, 0) is 11.2 Å². The Labute approximate surface area is 129 Å². The maximum Gasteiger partial charge on any atom is 0.323 e. The van der Waals surface area contributed by atoms with E-state index in [1.54, 1.807) is 12.1 Å². The van der Waals surface area contributed by atoms with Gasteiger partial charge < -0.3 is 15.7 Å². The Morgan fingerprint density at radius 1 is 1.00 bits per heavy atom. The molecule has 0 aliphatic carbocycles. The lowest BCUT2D eigenvalue weighted by molar-refractivity contribution is -0.136. The molecule has 0 heterocycles. The van der Waals surface area contributed by atoms with Crippen LogP contribution in [0.5, 0.6) is 0 Å². The molecule has 0 fully saturated rings. The fourth-order valence-corrected chi connectivity index (χ4v) is 2.00. The van der Waals surface area contributed by atoms with Gasteiger partial charge >= 0.3 is 12.0 Å². The average Bonchev–Trinajstić information content (AvgIpc) is 2.49. The molecule has 0 aliphatic heterocycles. The summed E-state index contributed by atoms with van der Waals surface area (Å²) < 4.78 is 0. The van der Waals surface area contributed by atoms with Gasteiger partial charge in [-0.15, -0.1) is 0 Å². The van der Waals surface area contributed by atoms with E-state index >= 15 is 0 Å². The highest BCUT2D eigenvalue weighted by Crippen LogP contribution is 2.15. The maximum absolute atomic E-state index is 11.9. The second-order valence-corrected chi connectivity index (χ2v) is 4.98. The van der Waals surface area contributed by atoms with Gasteiger partial charge in [0.15, 0.2) is 0 Å². The molecule has 0 aliphatic rings. The van der Waals surface area contributed by atoms with Crippen molar-refractivity contribution in [2.24, 2.45) is 0 Å². The minimum absolute atomic E-state index is 0.0978. The number of hydrogen-bond donors (Lipinski definition) is 3. The highest BCUT2D eigenvalue weighted by Gasteiger charge is 2.05. The van der Waals surface area contributed by atoms with E-state index in [2.05, 4.69) is 10.6 Å². The number of aliphatic carboxylic acids is 1. The van der Waals surface area contributed by atoms with E-state index in [0.29, 0.717) is 12.1 Å². The van der Waals surface area contributed by atoms with Crippen molar-refractivity contribution in [3.8, 4) is 0 Å². The van der Waals surface area contributed by atoms with Crippen molar-refractivity contribution in [1.29, 1.82) is 0 Å². The van der Waals surface area contributed by atoms with Gasteiger partial charge in [0.05, 0.1) is 0 Å². The Hall–Kier alpha value is -2.82. The van der Waals surface area contributed by atoms with Gasteiger partial charge in [-0.3, -0.25) is 4.79 Å². The number of carbonyl (C=O) groups is 2. The maximum atomic E-state index is 11.9. The minimum Gasteiger partial charge on any atom is -0.481 e. The molecule has 2 amide bonds. The van der Waals surface area contributed by atoms with Gasteiger partial charge in [-0.25, -0.2) is 4.79 Å². The molecule has 0 radical (unpaired) electrons. The summed E-state index contributed by atoms with van der Waals surface area (Å²) in [7, 11) is 0. The summed E-state index contributed by atoms with van der Waals surface area (Å²) in [6.07, 6.45) is 0.575. The lowest BCUT2D eigenvalue weighted by Gasteiger charge is -2.10. The van der Waals surface area contributed by atoms with Gasteiger partial charge in [0.2, 0.25) is 0 Å². The van der Waals surface area contributed by atoms with Crippen molar-refractivity contribution in [3.63, 3.8) is 0 Å². The third-order valence-corrected chi connectivity index (χ3v) is 3.23. The van der Waals surface area contributed by atoms with Gasteiger partial charge in [-0.2, -0.15) is 0 Å². The van der Waals surface area contributed by atoms with Crippen LogP contribution in [0.2, 0.25) is 0 Å². The molecule has 0 saturated heterocycles. The van der Waals surface area contributed by atoms with Crippen molar-refractivity contribution in [1.82, 2.24) is 0 Å². The van der Waals surface area contributed by atoms with E-state index in [0.717, 1.165) is 16.8 Å². The van der Waals surface area contributed by atoms with Crippen molar-refractivity contribution in [2.75, 3.05) is 10.6 Å². The quantitative estimate of drug-likeness (QED) is 0.788. The van der Waals surface area contributed by atoms with Gasteiger partial charge in [0, 0.05) is 17.8 Å². The third-order valence-electron chi connectivity index (χ3n) is 3.23. The molecule has 114 valence electrons. The topological polar surface area (TPSA) is 78.4 Å². The van der Waals surface area contributed by atoms with Crippen LogP contribution in [0.4, 0.5) is 16.2 Å². The van der Waals surface area contributed by atoms with Crippen molar-refractivity contribution in [2.45, 2.75) is 19.8 Å². The standard InChI is InChI=1S/C17H18N2O3/c1-12-4-2-3-5-15(12)19-17(22)18-14-9-6-13(7-10-14)8-11-16(20)21/h2-7,9-10H,8,11H2,1H3,(H,20,21)(H2,18,19,22). The molecule has 0 aromatic heterocycles. The first-order valence-corrected chi connectivity index (χ1v) is 6.99. The first-order valence-electron chi connectivity index (χ1n) is 6.99. The van der Waals surface area contributed by atoms with Crippen molar-refractivity contribution in [3.05, 3.63) is 59.7 Å². The van der Waals surface area contributed by atoms with Crippen LogP contribution in [0.15, 0.2) is 48.5 Å². The lowest BCUT2D eigenvalue weighted by atomic mass is 10.1. The van der Waals surface area contributed by atoms with Gasteiger partial charge in [-0.1, -0.05) is 30.3 Å². The molecule has 22 heavy (non-hydrogen) atoms. The number of benzene rings is 2. The second kappa shape index (κ2) is 7.26. The molecule has 2 aromatic carbocycles. The number of urea groups is 1. The van der Waals surface area contributed by atoms with E-state index < -0.39 is 5.97 Å². The zero-order chi connectivity index (χ0) is 15.9. The fourth-order valence-electron chi connectivity index (χ4n) is 2.00. The molecular weight excluding hydrogens is 280 g/mol. The second-order valence-electron chi connectivity index (χ2n) is 4.98. The largest absolute Gasteiger partial charge is 0.481 e. The Balaban J connectivity index is 1.91. The molecular formula is C17H18N2O3. The SMILES string of the molecule is Cc1ccccc1NC(=O)Nc1ccc(CCC(=O)O)cc1. The van der Waals surface area contributed by atoms with Crippen LogP contribution in [0.1, 0.15) is 17.5 Å². The summed E-state index contributed by atoms with van der Waals surface area (Å²) in [6, 6.07) is 14.4. The summed E-state index contributed by atoms with van der Waals surface area (Å²) in [5, 5.41) is 14.2. The number of nitrogens with one attached hydrogen (secondary N) is 2. The number of anilines is 2. The van der Waals surface area contributed by atoms with E-state index in [1.807, 2.05) is 43.3 Å². The number of carboxylic acids is 1. The van der Waals surface area contributed by atoms with E-state index in [9.17, 15) is 9.59 Å². The summed E-state index contributed by atoms with van der Waals surface area (Å²) >= 11 is 0. The predicted molar refractivity (Wildman–Crippen MR) is 86.2 cm³/mol. The smallest absolute Gasteiger partial charge is 0.323 e. The van der Waals surface area contributed by atoms with Crippen LogP contribution < -0.4 is 10.6 Å². The molecule has 0 spiro atoms. The van der Waals surface area contributed by atoms with Gasteiger partial charge in [-0.05, 0) is 42.7 Å². The monoisotopic (exact) mass is 298 g/mol.